The summed E-state index contributed by atoms with van der Waals surface area (Å²) in [6, 6.07) is 15.2. The topological polar surface area (TPSA) is 66.9 Å². The Morgan fingerprint density at radius 2 is 1.81 bits per heavy atom. The average Bonchev–Trinajstić information content (AvgIpc) is 2.64. The normalized spacial score (nSPS) is 10.4. The van der Waals surface area contributed by atoms with Gasteiger partial charge in [0.15, 0.2) is 0 Å². The van der Waals surface area contributed by atoms with Crippen molar-refractivity contribution in [2.75, 3.05) is 10.6 Å². The highest BCUT2D eigenvalue weighted by Gasteiger charge is 2.10. The van der Waals surface area contributed by atoms with E-state index in [9.17, 15) is 4.79 Å². The molecule has 0 aliphatic carbocycles. The van der Waals surface area contributed by atoms with Gasteiger partial charge in [-0.2, -0.15) is 0 Å². The first-order valence-corrected chi connectivity index (χ1v) is 8.58. The molecule has 2 N–H and O–H groups in total. The molecule has 0 saturated carbocycles. The van der Waals surface area contributed by atoms with E-state index in [4.69, 9.17) is 11.6 Å². The third-order valence-corrected chi connectivity index (χ3v) is 4.33. The van der Waals surface area contributed by atoms with Crippen LogP contribution in [0.3, 0.4) is 0 Å². The molecule has 0 saturated heterocycles. The molecule has 1 aromatic heterocycles. The van der Waals surface area contributed by atoms with Crippen LogP contribution in [0.5, 0.6) is 0 Å². The highest BCUT2D eigenvalue weighted by atomic mass is 35.5. The van der Waals surface area contributed by atoms with Crippen LogP contribution in [0.2, 0.25) is 5.02 Å². The van der Waals surface area contributed by atoms with E-state index in [1.54, 1.807) is 18.2 Å². The Hall–Kier alpha value is -2.92. The zero-order chi connectivity index (χ0) is 18.5. The predicted molar refractivity (Wildman–Crippen MR) is 105 cm³/mol. The number of benzene rings is 2. The highest BCUT2D eigenvalue weighted by molar-refractivity contribution is 6.31. The maximum atomic E-state index is 12.4. The van der Waals surface area contributed by atoms with Crippen molar-refractivity contribution in [2.24, 2.45) is 0 Å². The summed E-state index contributed by atoms with van der Waals surface area (Å²) in [6.45, 7) is 4.57. The SMILES string of the molecule is Cc1ccc(CNc2cc(C(=O)Nc3ccc(C)c(Cl)c3)ncn2)cc1. The summed E-state index contributed by atoms with van der Waals surface area (Å²) in [5.41, 5.74) is 4.20. The quantitative estimate of drug-likeness (QED) is 0.691. The Labute approximate surface area is 157 Å². The largest absolute Gasteiger partial charge is 0.366 e. The molecule has 132 valence electrons. The van der Waals surface area contributed by atoms with E-state index in [1.807, 2.05) is 19.9 Å². The number of aromatic nitrogens is 2. The Morgan fingerprint density at radius 1 is 1.04 bits per heavy atom. The summed E-state index contributed by atoms with van der Waals surface area (Å²) in [4.78, 5) is 20.6. The third-order valence-electron chi connectivity index (χ3n) is 3.92. The maximum absolute atomic E-state index is 12.4. The maximum Gasteiger partial charge on any atom is 0.274 e. The van der Waals surface area contributed by atoms with Gasteiger partial charge in [0.2, 0.25) is 0 Å². The van der Waals surface area contributed by atoms with E-state index in [1.165, 1.54) is 11.9 Å². The Kier molecular flexibility index (Phi) is 5.49. The molecular formula is C20H19ClN4O. The van der Waals surface area contributed by atoms with Crippen LogP contribution >= 0.6 is 11.6 Å². The molecular weight excluding hydrogens is 348 g/mol. The van der Waals surface area contributed by atoms with Crippen LogP contribution < -0.4 is 10.6 Å². The zero-order valence-electron chi connectivity index (χ0n) is 14.6. The van der Waals surface area contributed by atoms with Crippen molar-refractivity contribution in [1.82, 2.24) is 9.97 Å². The number of carbonyl (C=O) groups is 1. The van der Waals surface area contributed by atoms with Gasteiger partial charge < -0.3 is 10.6 Å². The fourth-order valence-corrected chi connectivity index (χ4v) is 2.52. The lowest BCUT2D eigenvalue weighted by Crippen LogP contribution is -2.14. The van der Waals surface area contributed by atoms with Crippen LogP contribution in [0, 0.1) is 13.8 Å². The number of nitrogens with zero attached hydrogens (tertiary/aromatic N) is 2. The first kappa shape index (κ1) is 17.9. The summed E-state index contributed by atoms with van der Waals surface area (Å²) < 4.78 is 0. The van der Waals surface area contributed by atoms with E-state index in [-0.39, 0.29) is 11.6 Å². The van der Waals surface area contributed by atoms with Gasteiger partial charge in [0.25, 0.3) is 5.91 Å². The van der Waals surface area contributed by atoms with Crippen LogP contribution in [-0.4, -0.2) is 15.9 Å². The molecule has 0 radical (unpaired) electrons. The number of rotatable bonds is 5. The second-order valence-corrected chi connectivity index (χ2v) is 6.45. The molecule has 1 amide bonds. The lowest BCUT2D eigenvalue weighted by atomic mass is 10.1. The van der Waals surface area contributed by atoms with E-state index in [0.29, 0.717) is 23.1 Å². The summed E-state index contributed by atoms with van der Waals surface area (Å²) in [6.07, 6.45) is 1.37. The van der Waals surface area contributed by atoms with Crippen molar-refractivity contribution >= 4 is 29.0 Å². The van der Waals surface area contributed by atoms with Gasteiger partial charge in [0.1, 0.15) is 17.8 Å². The summed E-state index contributed by atoms with van der Waals surface area (Å²) in [7, 11) is 0. The highest BCUT2D eigenvalue weighted by Crippen LogP contribution is 2.20. The zero-order valence-corrected chi connectivity index (χ0v) is 15.3. The van der Waals surface area contributed by atoms with Gasteiger partial charge in [0.05, 0.1) is 0 Å². The molecule has 5 nitrogen and oxygen atoms in total. The van der Waals surface area contributed by atoms with Crippen LogP contribution in [-0.2, 0) is 6.54 Å². The number of amides is 1. The molecule has 0 aliphatic rings. The minimum absolute atomic E-state index is 0.281. The molecule has 0 unspecified atom stereocenters. The van der Waals surface area contributed by atoms with Crippen molar-refractivity contribution in [1.29, 1.82) is 0 Å². The first-order chi connectivity index (χ1) is 12.5. The number of carbonyl (C=O) groups excluding carboxylic acids is 1. The smallest absolute Gasteiger partial charge is 0.274 e. The molecule has 0 aliphatic heterocycles. The average molecular weight is 367 g/mol. The number of aryl methyl sites for hydroxylation is 2. The van der Waals surface area contributed by atoms with E-state index < -0.39 is 0 Å². The Bertz CT molecular complexity index is 925. The molecule has 2 aromatic carbocycles. The number of hydrogen-bond acceptors (Lipinski definition) is 4. The summed E-state index contributed by atoms with van der Waals surface area (Å²) in [5, 5.41) is 6.60. The van der Waals surface area contributed by atoms with E-state index in [2.05, 4.69) is 44.9 Å². The molecule has 6 heteroatoms. The molecule has 3 rings (SSSR count). The number of nitrogens with one attached hydrogen (secondary N) is 2. The lowest BCUT2D eigenvalue weighted by Gasteiger charge is -2.09. The van der Waals surface area contributed by atoms with Gasteiger partial charge in [-0.25, -0.2) is 9.97 Å². The number of halogens is 1. The molecule has 1 heterocycles. The van der Waals surface area contributed by atoms with Gasteiger partial charge in [-0.05, 0) is 37.1 Å². The molecule has 26 heavy (non-hydrogen) atoms. The fraction of sp³-hybridized carbons (Fsp3) is 0.150. The molecule has 0 atom stereocenters. The molecule has 0 fully saturated rings. The van der Waals surface area contributed by atoms with E-state index >= 15 is 0 Å². The molecule has 0 spiro atoms. The van der Waals surface area contributed by atoms with Gasteiger partial charge in [-0.1, -0.05) is 47.5 Å². The van der Waals surface area contributed by atoms with Crippen LogP contribution in [0.15, 0.2) is 54.9 Å². The fourth-order valence-electron chi connectivity index (χ4n) is 2.34. The van der Waals surface area contributed by atoms with Crippen LogP contribution in [0.25, 0.3) is 0 Å². The van der Waals surface area contributed by atoms with E-state index in [0.717, 1.165) is 11.1 Å². The predicted octanol–water partition coefficient (Wildman–Crippen LogP) is 4.61. The Balaban J connectivity index is 1.66. The van der Waals surface area contributed by atoms with Crippen molar-refractivity contribution in [3.05, 3.63) is 82.3 Å². The van der Waals surface area contributed by atoms with Crippen molar-refractivity contribution in [2.45, 2.75) is 20.4 Å². The summed E-state index contributed by atoms with van der Waals surface area (Å²) in [5.74, 6) is 0.276. The standard InChI is InChI=1S/C20H19ClN4O/c1-13-3-6-15(7-4-13)11-22-19-10-18(23-12-24-19)20(26)25-16-8-5-14(2)17(21)9-16/h3-10,12H,11H2,1-2H3,(H,25,26)(H,22,23,24). The second kappa shape index (κ2) is 7.97. The Morgan fingerprint density at radius 3 is 2.54 bits per heavy atom. The van der Waals surface area contributed by atoms with Crippen molar-refractivity contribution in [3.8, 4) is 0 Å². The van der Waals surface area contributed by atoms with Gasteiger partial charge in [-0.3, -0.25) is 4.79 Å². The summed E-state index contributed by atoms with van der Waals surface area (Å²) >= 11 is 6.09. The van der Waals surface area contributed by atoms with Crippen molar-refractivity contribution < 1.29 is 4.79 Å². The molecule has 3 aromatic rings. The minimum Gasteiger partial charge on any atom is -0.366 e. The number of hydrogen-bond donors (Lipinski definition) is 2. The van der Waals surface area contributed by atoms with Gasteiger partial charge in [-0.15, -0.1) is 0 Å². The number of anilines is 2. The second-order valence-electron chi connectivity index (χ2n) is 6.05. The monoisotopic (exact) mass is 366 g/mol. The third kappa shape index (κ3) is 4.58. The first-order valence-electron chi connectivity index (χ1n) is 8.20. The van der Waals surface area contributed by atoms with Gasteiger partial charge in [0, 0.05) is 23.3 Å². The van der Waals surface area contributed by atoms with Crippen LogP contribution in [0.1, 0.15) is 27.2 Å². The minimum atomic E-state index is -0.314. The molecule has 0 bridgehead atoms. The lowest BCUT2D eigenvalue weighted by molar-refractivity contribution is 0.102. The van der Waals surface area contributed by atoms with Crippen molar-refractivity contribution in [3.63, 3.8) is 0 Å². The van der Waals surface area contributed by atoms with Crippen LogP contribution in [0.4, 0.5) is 11.5 Å². The van der Waals surface area contributed by atoms with Gasteiger partial charge >= 0.3 is 0 Å².